The van der Waals surface area contributed by atoms with E-state index in [4.69, 9.17) is 5.26 Å². The van der Waals surface area contributed by atoms with Gasteiger partial charge in [0.25, 0.3) is 0 Å². The van der Waals surface area contributed by atoms with Crippen LogP contribution in [-0.2, 0) is 0 Å². The summed E-state index contributed by atoms with van der Waals surface area (Å²) < 4.78 is 1.98. The number of carbonyl (C=O) groups is 1. The molecule has 0 amide bonds. The molecule has 0 fully saturated rings. The maximum atomic E-state index is 10.7. The molecule has 1 heterocycles. The summed E-state index contributed by atoms with van der Waals surface area (Å²) in [4.78, 5) is 10.7. The highest BCUT2D eigenvalue weighted by Crippen LogP contribution is 2.31. The van der Waals surface area contributed by atoms with E-state index < -0.39 is 0 Å². The van der Waals surface area contributed by atoms with Crippen molar-refractivity contribution in [3.8, 4) is 6.07 Å². The molecule has 0 N–H and O–H groups in total. The van der Waals surface area contributed by atoms with Crippen LogP contribution in [0.5, 0.6) is 0 Å². The van der Waals surface area contributed by atoms with Crippen LogP contribution in [0, 0.1) is 11.3 Å². The average Bonchev–Trinajstić information content (AvgIpc) is 2.58. The van der Waals surface area contributed by atoms with Crippen molar-refractivity contribution in [3.05, 3.63) is 33.1 Å². The standard InChI is InChI=1S/C10H4BrNOS/c11-9-5-14-10-2-7(4-13)6(3-12)1-8(9)10/h1-2,4-5H. The number of nitrogens with zero attached hydrogens (tertiary/aromatic N) is 1. The highest BCUT2D eigenvalue weighted by molar-refractivity contribution is 9.10. The number of hydrogen-bond donors (Lipinski definition) is 0. The van der Waals surface area contributed by atoms with Crippen molar-refractivity contribution in [3.63, 3.8) is 0 Å². The summed E-state index contributed by atoms with van der Waals surface area (Å²) >= 11 is 4.94. The molecular formula is C10H4BrNOS. The van der Waals surface area contributed by atoms with Crippen LogP contribution in [0.1, 0.15) is 15.9 Å². The minimum absolute atomic E-state index is 0.423. The lowest BCUT2D eigenvalue weighted by Crippen LogP contribution is -1.85. The molecule has 14 heavy (non-hydrogen) atoms. The summed E-state index contributed by atoms with van der Waals surface area (Å²) in [6, 6.07) is 5.49. The van der Waals surface area contributed by atoms with E-state index in [1.54, 1.807) is 23.5 Å². The van der Waals surface area contributed by atoms with E-state index in [1.165, 1.54) is 0 Å². The molecule has 2 aromatic rings. The predicted octanol–water partition coefficient (Wildman–Crippen LogP) is 3.35. The maximum Gasteiger partial charge on any atom is 0.151 e. The van der Waals surface area contributed by atoms with Gasteiger partial charge in [-0.15, -0.1) is 11.3 Å². The summed E-state index contributed by atoms with van der Waals surface area (Å²) in [6.07, 6.45) is 0.714. The van der Waals surface area contributed by atoms with Gasteiger partial charge in [0.2, 0.25) is 0 Å². The largest absolute Gasteiger partial charge is 0.298 e. The third-order valence-corrected chi connectivity index (χ3v) is 3.85. The van der Waals surface area contributed by atoms with Crippen LogP contribution in [0.4, 0.5) is 0 Å². The molecule has 2 rings (SSSR count). The zero-order valence-electron chi connectivity index (χ0n) is 6.95. The molecule has 2 nitrogen and oxygen atoms in total. The van der Waals surface area contributed by atoms with Crippen molar-refractivity contribution in [1.82, 2.24) is 0 Å². The second-order valence-electron chi connectivity index (χ2n) is 2.75. The molecule has 1 aromatic carbocycles. The fourth-order valence-corrected chi connectivity index (χ4v) is 2.84. The van der Waals surface area contributed by atoms with Crippen LogP contribution < -0.4 is 0 Å². The van der Waals surface area contributed by atoms with Crippen molar-refractivity contribution in [1.29, 1.82) is 5.26 Å². The van der Waals surface area contributed by atoms with E-state index in [0.717, 1.165) is 14.6 Å². The molecule has 68 valence electrons. The van der Waals surface area contributed by atoms with Gasteiger partial charge in [0.15, 0.2) is 6.29 Å². The number of fused-ring (bicyclic) bond motifs is 1. The molecule has 0 aliphatic rings. The topological polar surface area (TPSA) is 40.9 Å². The Balaban J connectivity index is 2.86. The van der Waals surface area contributed by atoms with Crippen molar-refractivity contribution >= 4 is 43.6 Å². The molecule has 1 aromatic heterocycles. The van der Waals surface area contributed by atoms with Crippen molar-refractivity contribution in [2.45, 2.75) is 0 Å². The Hall–Kier alpha value is -1.18. The molecule has 0 saturated carbocycles. The van der Waals surface area contributed by atoms with E-state index in [9.17, 15) is 4.79 Å². The Labute approximate surface area is 92.9 Å². The lowest BCUT2D eigenvalue weighted by molar-refractivity contribution is 0.112. The van der Waals surface area contributed by atoms with Crippen LogP contribution in [0.2, 0.25) is 0 Å². The van der Waals surface area contributed by atoms with Gasteiger partial charge in [-0.1, -0.05) is 0 Å². The number of thiophene rings is 1. The highest BCUT2D eigenvalue weighted by atomic mass is 79.9. The summed E-state index contributed by atoms with van der Waals surface area (Å²) in [5, 5.41) is 11.7. The van der Waals surface area contributed by atoms with E-state index in [2.05, 4.69) is 15.9 Å². The summed E-state index contributed by atoms with van der Waals surface area (Å²) in [5.74, 6) is 0. The van der Waals surface area contributed by atoms with Crippen molar-refractivity contribution in [2.24, 2.45) is 0 Å². The monoisotopic (exact) mass is 265 g/mol. The lowest BCUT2D eigenvalue weighted by atomic mass is 10.1. The smallest absolute Gasteiger partial charge is 0.151 e. The highest BCUT2D eigenvalue weighted by Gasteiger charge is 2.07. The van der Waals surface area contributed by atoms with Crippen molar-refractivity contribution in [2.75, 3.05) is 0 Å². The van der Waals surface area contributed by atoms with Gasteiger partial charge in [-0.25, -0.2) is 0 Å². The summed E-state index contributed by atoms with van der Waals surface area (Å²) in [5.41, 5.74) is 0.876. The molecule has 0 aliphatic heterocycles. The third kappa shape index (κ3) is 1.35. The van der Waals surface area contributed by atoms with Gasteiger partial charge in [-0.2, -0.15) is 5.26 Å². The van der Waals surface area contributed by atoms with Crippen LogP contribution in [0.25, 0.3) is 10.1 Å². The zero-order valence-corrected chi connectivity index (χ0v) is 9.35. The van der Waals surface area contributed by atoms with E-state index in [0.29, 0.717) is 17.4 Å². The molecular weight excluding hydrogens is 262 g/mol. The quantitative estimate of drug-likeness (QED) is 0.742. The average molecular weight is 266 g/mol. The van der Waals surface area contributed by atoms with Gasteiger partial charge >= 0.3 is 0 Å². The Morgan fingerprint density at radius 3 is 2.93 bits per heavy atom. The number of hydrogen-bond acceptors (Lipinski definition) is 3. The second kappa shape index (κ2) is 3.52. The number of carbonyl (C=O) groups excluding carboxylic acids is 1. The van der Waals surface area contributed by atoms with Crippen LogP contribution >= 0.6 is 27.3 Å². The van der Waals surface area contributed by atoms with Crippen LogP contribution in [-0.4, -0.2) is 6.29 Å². The van der Waals surface area contributed by atoms with Crippen molar-refractivity contribution < 1.29 is 4.79 Å². The first-order chi connectivity index (χ1) is 6.76. The Morgan fingerprint density at radius 2 is 2.29 bits per heavy atom. The van der Waals surface area contributed by atoms with Gasteiger partial charge in [0.1, 0.15) is 0 Å². The number of halogens is 1. The van der Waals surface area contributed by atoms with E-state index in [-0.39, 0.29) is 0 Å². The summed E-state index contributed by atoms with van der Waals surface area (Å²) in [6.45, 7) is 0. The number of benzene rings is 1. The molecule has 0 unspecified atom stereocenters. The Morgan fingerprint density at radius 1 is 1.50 bits per heavy atom. The first kappa shape index (κ1) is 9.38. The van der Waals surface area contributed by atoms with E-state index >= 15 is 0 Å². The van der Waals surface area contributed by atoms with Gasteiger partial charge < -0.3 is 0 Å². The molecule has 0 bridgehead atoms. The normalized spacial score (nSPS) is 10.0. The predicted molar refractivity (Wildman–Crippen MR) is 59.6 cm³/mol. The molecule has 0 radical (unpaired) electrons. The first-order valence-electron chi connectivity index (χ1n) is 3.82. The number of aldehydes is 1. The maximum absolute atomic E-state index is 10.7. The van der Waals surface area contributed by atoms with Crippen LogP contribution in [0.15, 0.2) is 22.0 Å². The fraction of sp³-hybridized carbons (Fsp3) is 0. The second-order valence-corrected chi connectivity index (χ2v) is 4.51. The molecule has 0 spiro atoms. The minimum atomic E-state index is 0.423. The molecule has 0 aliphatic carbocycles. The molecule has 0 saturated heterocycles. The zero-order chi connectivity index (χ0) is 10.1. The van der Waals surface area contributed by atoms with Gasteiger partial charge in [-0.3, -0.25) is 4.79 Å². The van der Waals surface area contributed by atoms with Crippen LogP contribution in [0.3, 0.4) is 0 Å². The van der Waals surface area contributed by atoms with Gasteiger partial charge in [0.05, 0.1) is 11.6 Å². The van der Waals surface area contributed by atoms with Gasteiger partial charge in [-0.05, 0) is 28.1 Å². The number of rotatable bonds is 1. The Kier molecular flexibility index (Phi) is 2.36. The molecule has 4 heteroatoms. The Bertz CT molecular complexity index is 553. The SMILES string of the molecule is N#Cc1cc2c(Br)csc2cc1C=O. The minimum Gasteiger partial charge on any atom is -0.298 e. The first-order valence-corrected chi connectivity index (χ1v) is 5.49. The van der Waals surface area contributed by atoms with E-state index in [1.807, 2.05) is 11.4 Å². The number of nitriles is 1. The van der Waals surface area contributed by atoms with Gasteiger partial charge in [0, 0.05) is 25.5 Å². The third-order valence-electron chi connectivity index (χ3n) is 1.95. The molecule has 0 atom stereocenters. The fourth-order valence-electron chi connectivity index (χ4n) is 1.25. The summed E-state index contributed by atoms with van der Waals surface area (Å²) in [7, 11) is 0. The lowest BCUT2D eigenvalue weighted by Gasteiger charge is -1.96.